The number of aryl methyl sites for hydroxylation is 1. The lowest BCUT2D eigenvalue weighted by molar-refractivity contribution is 0.299. The topological polar surface area (TPSA) is 84.2 Å². The van der Waals surface area contributed by atoms with Gasteiger partial charge in [0.15, 0.2) is 11.0 Å². The zero-order valence-electron chi connectivity index (χ0n) is 23.0. The highest BCUT2D eigenvalue weighted by molar-refractivity contribution is 7.99. The summed E-state index contributed by atoms with van der Waals surface area (Å²) >= 11 is 1.77. The van der Waals surface area contributed by atoms with Gasteiger partial charge in [0.1, 0.15) is 0 Å². The van der Waals surface area contributed by atoms with Gasteiger partial charge in [0.2, 0.25) is 10.0 Å². The second-order valence-electron chi connectivity index (χ2n) is 11.5. The second-order valence-corrected chi connectivity index (χ2v) is 14.5. The lowest BCUT2D eigenvalue weighted by Gasteiger charge is -2.22. The smallest absolute Gasteiger partial charge is 0.235 e. The molecule has 208 valence electrons. The first-order valence-corrected chi connectivity index (χ1v) is 16.7. The Morgan fingerprint density at radius 3 is 2.73 bits per heavy atom. The van der Waals surface area contributed by atoms with Crippen molar-refractivity contribution in [3.8, 4) is 11.4 Å². The molecule has 3 fully saturated rings. The molecule has 3 aliphatic rings. The van der Waals surface area contributed by atoms with E-state index in [1.165, 1.54) is 12.0 Å². The van der Waals surface area contributed by atoms with Gasteiger partial charge in [-0.25, -0.2) is 8.42 Å². The summed E-state index contributed by atoms with van der Waals surface area (Å²) in [7, 11) is -1.09. The first-order valence-electron chi connectivity index (χ1n) is 14.1. The molecule has 8 nitrogen and oxygen atoms in total. The maximum atomic E-state index is 12.3. The molecular formula is C30H34N6O2S2. The van der Waals surface area contributed by atoms with E-state index in [1.807, 2.05) is 44.3 Å². The predicted octanol–water partition coefficient (Wildman–Crippen LogP) is 4.63. The quantitative estimate of drug-likeness (QED) is 0.224. The van der Waals surface area contributed by atoms with E-state index in [4.69, 9.17) is 0 Å². The fourth-order valence-electron chi connectivity index (χ4n) is 6.67. The number of hydrogen-bond donors (Lipinski definition) is 0. The first kappa shape index (κ1) is 26.0. The van der Waals surface area contributed by atoms with E-state index in [2.05, 4.69) is 48.9 Å². The molecule has 0 spiro atoms. The zero-order chi connectivity index (χ0) is 27.5. The Hall–Kier alpha value is -2.95. The average molecular weight is 575 g/mol. The number of hydrogen-bond acceptors (Lipinski definition) is 7. The van der Waals surface area contributed by atoms with Gasteiger partial charge in [0.25, 0.3) is 0 Å². The molecule has 0 amide bonds. The Kier molecular flexibility index (Phi) is 6.40. The monoisotopic (exact) mass is 574 g/mol. The summed E-state index contributed by atoms with van der Waals surface area (Å²) in [5.41, 5.74) is 5.46. The SMILES string of the molecule is Cc1ccc2c(-c3nnc(SCCCN4C[C@@H]5C[C@]5(c5ccc(N6CCCS6(=O)=O)cc5)C4)n3C)cccc2n1. The van der Waals surface area contributed by atoms with Crippen LogP contribution < -0.4 is 4.31 Å². The average Bonchev–Trinajstić information content (AvgIpc) is 3.18. The van der Waals surface area contributed by atoms with Crippen molar-refractivity contribution in [3.05, 3.63) is 65.9 Å². The van der Waals surface area contributed by atoms with E-state index < -0.39 is 10.0 Å². The van der Waals surface area contributed by atoms with Gasteiger partial charge in [-0.2, -0.15) is 0 Å². The summed E-state index contributed by atoms with van der Waals surface area (Å²) in [5.74, 6) is 2.83. The van der Waals surface area contributed by atoms with Crippen LogP contribution in [0.15, 0.2) is 59.8 Å². The number of aromatic nitrogens is 4. The van der Waals surface area contributed by atoms with E-state index in [-0.39, 0.29) is 11.2 Å². The van der Waals surface area contributed by atoms with E-state index in [1.54, 1.807) is 16.1 Å². The van der Waals surface area contributed by atoms with Crippen molar-refractivity contribution >= 4 is 38.4 Å². The third-order valence-corrected chi connectivity index (χ3v) is 11.8. The molecule has 0 bridgehead atoms. The Bertz CT molecular complexity index is 1690. The van der Waals surface area contributed by atoms with Crippen LogP contribution in [0.25, 0.3) is 22.3 Å². The third kappa shape index (κ3) is 4.50. The number of fused-ring (bicyclic) bond motifs is 2. The van der Waals surface area contributed by atoms with E-state index in [0.29, 0.717) is 18.9 Å². The summed E-state index contributed by atoms with van der Waals surface area (Å²) in [5, 5.41) is 11.1. The molecule has 1 saturated carbocycles. The number of benzene rings is 2. The summed E-state index contributed by atoms with van der Waals surface area (Å²) in [6, 6.07) is 18.7. The Labute approximate surface area is 239 Å². The van der Waals surface area contributed by atoms with Crippen molar-refractivity contribution in [2.45, 2.75) is 36.8 Å². The van der Waals surface area contributed by atoms with Gasteiger partial charge in [-0.1, -0.05) is 42.1 Å². The van der Waals surface area contributed by atoms with Crippen LogP contribution >= 0.6 is 11.8 Å². The molecule has 4 aromatic rings. The fourth-order valence-corrected chi connectivity index (χ4v) is 9.07. The molecule has 2 aromatic carbocycles. The molecule has 0 N–H and O–H groups in total. The van der Waals surface area contributed by atoms with Gasteiger partial charge in [0.05, 0.1) is 17.0 Å². The molecule has 2 atom stereocenters. The highest BCUT2D eigenvalue weighted by Gasteiger charge is 2.60. The van der Waals surface area contributed by atoms with Crippen LogP contribution in [-0.4, -0.2) is 70.8 Å². The first-order chi connectivity index (χ1) is 19.3. The lowest BCUT2D eigenvalue weighted by atomic mass is 9.95. The predicted molar refractivity (Wildman–Crippen MR) is 160 cm³/mol. The van der Waals surface area contributed by atoms with Gasteiger partial charge in [0, 0.05) is 54.5 Å². The fraction of sp³-hybridized carbons (Fsp3) is 0.433. The van der Waals surface area contributed by atoms with Crippen molar-refractivity contribution in [1.82, 2.24) is 24.6 Å². The van der Waals surface area contributed by atoms with Gasteiger partial charge in [-0.3, -0.25) is 9.29 Å². The number of pyridine rings is 1. The third-order valence-electron chi connectivity index (χ3n) is 8.84. The summed E-state index contributed by atoms with van der Waals surface area (Å²) in [4.78, 5) is 7.26. The standard InChI is InChI=1S/C30H34N6O2S2/c1-21-8-13-25-26(6-3-7-27(25)31-21)28-32-33-29(34(28)2)39-16-4-14-35-19-23-18-30(23,20-35)22-9-11-24(12-10-22)36-15-5-17-40(36,37)38/h3,6-13,23H,4-5,14-20H2,1-2H3/t23-,30+/m0/s1. The van der Waals surface area contributed by atoms with Crippen LogP contribution in [-0.2, 0) is 22.5 Å². The number of anilines is 1. The number of thioether (sulfide) groups is 1. The van der Waals surface area contributed by atoms with Crippen LogP contribution in [0.4, 0.5) is 5.69 Å². The van der Waals surface area contributed by atoms with Gasteiger partial charge < -0.3 is 9.47 Å². The molecule has 2 aliphatic heterocycles. The maximum Gasteiger partial charge on any atom is 0.235 e. The molecule has 2 saturated heterocycles. The van der Waals surface area contributed by atoms with Crippen LogP contribution in [0.5, 0.6) is 0 Å². The number of rotatable bonds is 8. The summed E-state index contributed by atoms with van der Waals surface area (Å²) in [6.07, 6.45) is 3.05. The van der Waals surface area contributed by atoms with Crippen molar-refractivity contribution in [1.29, 1.82) is 0 Å². The highest BCUT2D eigenvalue weighted by Crippen LogP contribution is 2.59. The molecule has 1 aliphatic carbocycles. The molecule has 4 heterocycles. The van der Waals surface area contributed by atoms with Gasteiger partial charge in [-0.15, -0.1) is 10.2 Å². The van der Waals surface area contributed by atoms with Gasteiger partial charge >= 0.3 is 0 Å². The second kappa shape index (κ2) is 9.85. The Morgan fingerprint density at radius 1 is 1.07 bits per heavy atom. The molecule has 2 aromatic heterocycles. The lowest BCUT2D eigenvalue weighted by Crippen LogP contribution is -2.28. The maximum absolute atomic E-state index is 12.3. The number of sulfonamides is 1. The minimum Gasteiger partial charge on any atom is -0.305 e. The van der Waals surface area contributed by atoms with Crippen molar-refractivity contribution < 1.29 is 8.42 Å². The molecule has 10 heteroatoms. The van der Waals surface area contributed by atoms with E-state index >= 15 is 0 Å². The van der Waals surface area contributed by atoms with E-state index in [9.17, 15) is 8.42 Å². The van der Waals surface area contributed by atoms with Crippen molar-refractivity contribution in [3.63, 3.8) is 0 Å². The number of likely N-dealkylation sites (tertiary alicyclic amines) is 1. The Balaban J connectivity index is 0.945. The summed E-state index contributed by atoms with van der Waals surface area (Å²) in [6.45, 7) is 5.92. The molecular weight excluding hydrogens is 541 g/mol. The molecule has 7 rings (SSSR count). The molecule has 40 heavy (non-hydrogen) atoms. The van der Waals surface area contributed by atoms with Crippen LogP contribution in [0.2, 0.25) is 0 Å². The normalized spacial score (nSPS) is 23.6. The van der Waals surface area contributed by atoms with Gasteiger partial charge in [-0.05, 0) is 68.5 Å². The van der Waals surface area contributed by atoms with Crippen LogP contribution in [0.3, 0.4) is 0 Å². The van der Waals surface area contributed by atoms with Crippen molar-refractivity contribution in [2.24, 2.45) is 13.0 Å². The minimum atomic E-state index is -3.13. The highest BCUT2D eigenvalue weighted by atomic mass is 32.2. The zero-order valence-corrected chi connectivity index (χ0v) is 24.6. The van der Waals surface area contributed by atoms with Crippen LogP contribution in [0, 0.1) is 12.8 Å². The van der Waals surface area contributed by atoms with Crippen molar-refractivity contribution in [2.75, 3.05) is 42.0 Å². The van der Waals surface area contributed by atoms with Crippen LogP contribution in [0.1, 0.15) is 30.5 Å². The number of piperidine rings is 1. The molecule has 0 radical (unpaired) electrons. The number of nitrogens with zero attached hydrogens (tertiary/aromatic N) is 6. The largest absolute Gasteiger partial charge is 0.305 e. The minimum absolute atomic E-state index is 0.250. The Morgan fingerprint density at radius 2 is 1.93 bits per heavy atom. The molecule has 0 unspecified atom stereocenters. The van der Waals surface area contributed by atoms with E-state index in [0.717, 1.165) is 70.6 Å². The summed E-state index contributed by atoms with van der Waals surface area (Å²) < 4.78 is 28.2.